The molecule has 1 rings (SSSR count). The first-order valence-corrected chi connectivity index (χ1v) is 5.56. The summed E-state index contributed by atoms with van der Waals surface area (Å²) in [5.74, 6) is -1.10. The van der Waals surface area contributed by atoms with Gasteiger partial charge < -0.3 is 10.1 Å². The first-order valence-electron chi connectivity index (χ1n) is 5.56. The zero-order chi connectivity index (χ0) is 12.5. The van der Waals surface area contributed by atoms with Crippen LogP contribution in [0.25, 0.3) is 0 Å². The molecule has 0 aliphatic heterocycles. The van der Waals surface area contributed by atoms with Gasteiger partial charge in [-0.3, -0.25) is 0 Å². The minimum absolute atomic E-state index is 0.430. The Balaban J connectivity index is 2.15. The summed E-state index contributed by atoms with van der Waals surface area (Å²) in [6.45, 7) is 5.89. The van der Waals surface area contributed by atoms with Gasteiger partial charge in [0.15, 0.2) is 0 Å². The molecule has 94 valence electrons. The molecule has 0 aliphatic rings. The zero-order valence-electron chi connectivity index (χ0n) is 9.72. The van der Waals surface area contributed by atoms with E-state index in [2.05, 4.69) is 11.9 Å². The first-order chi connectivity index (χ1) is 8.22. The van der Waals surface area contributed by atoms with Crippen LogP contribution < -0.4 is 5.32 Å². The van der Waals surface area contributed by atoms with Crippen molar-refractivity contribution in [1.29, 1.82) is 0 Å². The average Bonchev–Trinajstić information content (AvgIpc) is 2.26. The van der Waals surface area contributed by atoms with Crippen LogP contribution in [0.5, 0.6) is 0 Å². The van der Waals surface area contributed by atoms with Crippen molar-refractivity contribution >= 4 is 0 Å². The molecule has 0 fully saturated rings. The van der Waals surface area contributed by atoms with Crippen molar-refractivity contribution in [1.82, 2.24) is 5.32 Å². The molecule has 0 spiro atoms. The van der Waals surface area contributed by atoms with Crippen molar-refractivity contribution in [2.24, 2.45) is 0 Å². The molecule has 4 heteroatoms. The molecular weight excluding hydrogens is 224 g/mol. The molecule has 1 aromatic rings. The van der Waals surface area contributed by atoms with Gasteiger partial charge in [-0.05, 0) is 24.1 Å². The van der Waals surface area contributed by atoms with E-state index in [-0.39, 0.29) is 0 Å². The molecule has 2 nitrogen and oxygen atoms in total. The highest BCUT2D eigenvalue weighted by Gasteiger charge is 1.99. The van der Waals surface area contributed by atoms with Gasteiger partial charge in [0.1, 0.15) is 11.6 Å². The molecule has 0 heterocycles. The van der Waals surface area contributed by atoms with Crippen LogP contribution in [-0.4, -0.2) is 19.8 Å². The minimum Gasteiger partial charge on any atom is -0.380 e. The van der Waals surface area contributed by atoms with Gasteiger partial charge >= 0.3 is 0 Å². The predicted octanol–water partition coefficient (Wildman–Crippen LogP) is 2.65. The smallest absolute Gasteiger partial charge is 0.126 e. The third-order valence-corrected chi connectivity index (χ3v) is 2.14. The Hall–Kier alpha value is -1.26. The van der Waals surface area contributed by atoms with Crippen molar-refractivity contribution in [3.8, 4) is 0 Å². The lowest BCUT2D eigenvalue weighted by Crippen LogP contribution is -2.19. The average molecular weight is 241 g/mol. The fraction of sp³-hybridized carbons (Fsp3) is 0.385. The maximum absolute atomic E-state index is 12.8. The van der Waals surface area contributed by atoms with Gasteiger partial charge in [-0.15, -0.1) is 6.58 Å². The highest BCUT2D eigenvalue weighted by Crippen LogP contribution is 2.07. The van der Waals surface area contributed by atoms with Gasteiger partial charge in [-0.25, -0.2) is 8.78 Å². The minimum atomic E-state index is -0.552. The summed E-state index contributed by atoms with van der Waals surface area (Å²) in [7, 11) is 0. The van der Waals surface area contributed by atoms with E-state index >= 15 is 0 Å². The number of ether oxygens (including phenoxy) is 1. The van der Waals surface area contributed by atoms with Crippen molar-refractivity contribution in [3.05, 3.63) is 48.1 Å². The fourth-order valence-corrected chi connectivity index (χ4v) is 1.36. The second-order valence-corrected chi connectivity index (χ2v) is 3.64. The Morgan fingerprint density at radius 3 is 2.53 bits per heavy atom. The second kappa shape index (κ2) is 7.92. The number of hydrogen-bond donors (Lipinski definition) is 1. The van der Waals surface area contributed by atoms with Crippen LogP contribution in [0.1, 0.15) is 12.0 Å². The summed E-state index contributed by atoms with van der Waals surface area (Å²) in [6, 6.07) is 3.49. The van der Waals surface area contributed by atoms with Crippen LogP contribution in [0, 0.1) is 11.6 Å². The SMILES string of the molecule is C=CCCOCCNCc1cc(F)cc(F)c1. The van der Waals surface area contributed by atoms with Crippen LogP contribution in [0.4, 0.5) is 8.78 Å². The molecule has 17 heavy (non-hydrogen) atoms. The van der Waals surface area contributed by atoms with Gasteiger partial charge in [-0.2, -0.15) is 0 Å². The van der Waals surface area contributed by atoms with E-state index in [4.69, 9.17) is 4.74 Å². The summed E-state index contributed by atoms with van der Waals surface area (Å²) in [4.78, 5) is 0. The van der Waals surface area contributed by atoms with Crippen LogP contribution in [-0.2, 0) is 11.3 Å². The molecule has 0 saturated heterocycles. The molecule has 0 aliphatic carbocycles. The molecule has 0 bridgehead atoms. The lowest BCUT2D eigenvalue weighted by atomic mass is 10.2. The molecule has 0 atom stereocenters. The third kappa shape index (κ3) is 6.14. The number of nitrogens with one attached hydrogen (secondary N) is 1. The first kappa shape index (κ1) is 13.8. The largest absolute Gasteiger partial charge is 0.380 e. The molecule has 0 saturated carbocycles. The summed E-state index contributed by atoms with van der Waals surface area (Å²) in [5, 5.41) is 3.05. The van der Waals surface area contributed by atoms with E-state index < -0.39 is 11.6 Å². The summed E-state index contributed by atoms with van der Waals surface area (Å²) in [5.41, 5.74) is 0.591. The van der Waals surface area contributed by atoms with Crippen molar-refractivity contribution in [2.75, 3.05) is 19.8 Å². The molecule has 0 unspecified atom stereocenters. The molecule has 0 aromatic heterocycles. The normalized spacial score (nSPS) is 10.5. The Bertz CT molecular complexity index is 335. The Kier molecular flexibility index (Phi) is 6.43. The zero-order valence-corrected chi connectivity index (χ0v) is 9.72. The van der Waals surface area contributed by atoms with E-state index in [9.17, 15) is 8.78 Å². The van der Waals surface area contributed by atoms with Crippen molar-refractivity contribution in [3.63, 3.8) is 0 Å². The van der Waals surface area contributed by atoms with Gasteiger partial charge in [0, 0.05) is 19.2 Å². The number of benzene rings is 1. The van der Waals surface area contributed by atoms with Crippen molar-refractivity contribution in [2.45, 2.75) is 13.0 Å². The summed E-state index contributed by atoms with van der Waals surface area (Å²) in [6.07, 6.45) is 2.62. The molecule has 0 amide bonds. The van der Waals surface area contributed by atoms with E-state index in [1.807, 2.05) is 0 Å². The summed E-state index contributed by atoms with van der Waals surface area (Å²) >= 11 is 0. The van der Waals surface area contributed by atoms with Gasteiger partial charge in [0.2, 0.25) is 0 Å². The third-order valence-electron chi connectivity index (χ3n) is 2.14. The number of hydrogen-bond acceptors (Lipinski definition) is 2. The molecular formula is C13H17F2NO. The quantitative estimate of drug-likeness (QED) is 0.558. The van der Waals surface area contributed by atoms with E-state index in [1.165, 1.54) is 12.1 Å². The van der Waals surface area contributed by atoms with Crippen LogP contribution in [0.3, 0.4) is 0 Å². The maximum Gasteiger partial charge on any atom is 0.126 e. The standard InChI is InChI=1S/C13H17F2NO/c1-2-3-5-17-6-4-16-10-11-7-12(14)9-13(15)8-11/h2,7-9,16H,1,3-6,10H2. The topological polar surface area (TPSA) is 21.3 Å². The highest BCUT2D eigenvalue weighted by atomic mass is 19.1. The number of halogens is 2. The van der Waals surface area contributed by atoms with E-state index in [1.54, 1.807) is 6.08 Å². The molecule has 1 aromatic carbocycles. The van der Waals surface area contributed by atoms with E-state index in [0.29, 0.717) is 31.9 Å². The van der Waals surface area contributed by atoms with E-state index in [0.717, 1.165) is 12.5 Å². The molecule has 0 radical (unpaired) electrons. The van der Waals surface area contributed by atoms with Crippen LogP contribution in [0.2, 0.25) is 0 Å². The predicted molar refractivity (Wildman–Crippen MR) is 63.7 cm³/mol. The fourth-order valence-electron chi connectivity index (χ4n) is 1.36. The lowest BCUT2D eigenvalue weighted by molar-refractivity contribution is 0.140. The van der Waals surface area contributed by atoms with Gasteiger partial charge in [-0.1, -0.05) is 6.08 Å². The highest BCUT2D eigenvalue weighted by molar-refractivity contribution is 5.17. The Morgan fingerprint density at radius 2 is 1.88 bits per heavy atom. The Morgan fingerprint density at radius 1 is 1.18 bits per heavy atom. The monoisotopic (exact) mass is 241 g/mol. The Labute approximate surface area is 100 Å². The molecule has 1 N–H and O–H groups in total. The maximum atomic E-state index is 12.8. The lowest BCUT2D eigenvalue weighted by Gasteiger charge is -2.06. The second-order valence-electron chi connectivity index (χ2n) is 3.64. The summed E-state index contributed by atoms with van der Waals surface area (Å²) < 4.78 is 31.0. The van der Waals surface area contributed by atoms with Crippen molar-refractivity contribution < 1.29 is 13.5 Å². The van der Waals surface area contributed by atoms with Gasteiger partial charge in [0.25, 0.3) is 0 Å². The number of rotatable bonds is 8. The van der Waals surface area contributed by atoms with Crippen LogP contribution in [0.15, 0.2) is 30.9 Å². The van der Waals surface area contributed by atoms with Gasteiger partial charge in [0.05, 0.1) is 13.2 Å². The van der Waals surface area contributed by atoms with Crippen LogP contribution >= 0.6 is 0 Å².